The number of rotatable bonds is 7. The van der Waals surface area contributed by atoms with Crippen LogP contribution in [-0.4, -0.2) is 32.9 Å². The van der Waals surface area contributed by atoms with Crippen molar-refractivity contribution in [1.29, 1.82) is 0 Å². The zero-order valence-electron chi connectivity index (χ0n) is 10.9. The molecule has 5 nitrogen and oxygen atoms in total. The molecule has 0 amide bonds. The molecule has 1 N–H and O–H groups in total. The largest absolute Gasteiger partial charge is 0.388 e. The molecule has 0 fully saturated rings. The van der Waals surface area contributed by atoms with Crippen molar-refractivity contribution in [2.45, 2.75) is 32.3 Å². The summed E-state index contributed by atoms with van der Waals surface area (Å²) in [6.07, 6.45) is 4.24. The monoisotopic (exact) mass is 267 g/mol. The quantitative estimate of drug-likeness (QED) is 0.780. The fourth-order valence-corrected chi connectivity index (χ4v) is 1.81. The maximum atomic E-state index is 13.8. The lowest BCUT2D eigenvalue weighted by molar-refractivity contribution is 0.0789. The van der Waals surface area contributed by atoms with Crippen LogP contribution in [0.25, 0.3) is 5.65 Å². The first-order valence-electron chi connectivity index (χ1n) is 6.47. The van der Waals surface area contributed by atoms with Crippen molar-refractivity contribution in [2.75, 3.05) is 13.2 Å². The number of unbranched alkanes of at least 4 members (excludes halogenated alkanes) is 1. The predicted octanol–water partition coefficient (Wildman–Crippen LogP) is 2.11. The molecular formula is C13H18FN3O2. The summed E-state index contributed by atoms with van der Waals surface area (Å²) < 4.78 is 20.6. The molecule has 0 saturated heterocycles. The Morgan fingerprint density at radius 2 is 2.32 bits per heavy atom. The van der Waals surface area contributed by atoms with Crippen LogP contribution in [0.1, 0.15) is 37.9 Å². The van der Waals surface area contributed by atoms with E-state index in [1.807, 2.05) is 0 Å². The molecule has 104 valence electrons. The molecular weight excluding hydrogens is 249 g/mol. The standard InChI is InChI=1S/C13H18FN3O2/c1-2-3-5-19-6-4-12(18)10-7-13-16-15-9-17(13)8-11(10)14/h7-9,12,18H,2-6H2,1H3. The predicted molar refractivity (Wildman–Crippen MR) is 68.2 cm³/mol. The Kier molecular flexibility index (Phi) is 4.81. The van der Waals surface area contributed by atoms with Gasteiger partial charge in [-0.25, -0.2) is 4.39 Å². The molecule has 0 bridgehead atoms. The zero-order valence-corrected chi connectivity index (χ0v) is 10.9. The van der Waals surface area contributed by atoms with Gasteiger partial charge in [-0.15, -0.1) is 10.2 Å². The summed E-state index contributed by atoms with van der Waals surface area (Å²) in [5.41, 5.74) is 0.752. The second-order valence-corrected chi connectivity index (χ2v) is 4.44. The van der Waals surface area contributed by atoms with Crippen LogP contribution in [0.2, 0.25) is 0 Å². The highest BCUT2D eigenvalue weighted by Crippen LogP contribution is 2.21. The fourth-order valence-electron chi connectivity index (χ4n) is 1.81. The van der Waals surface area contributed by atoms with E-state index in [-0.39, 0.29) is 5.56 Å². The van der Waals surface area contributed by atoms with E-state index < -0.39 is 11.9 Å². The molecule has 2 aromatic rings. The summed E-state index contributed by atoms with van der Waals surface area (Å²) in [6.45, 7) is 3.18. The Labute approximate surface area is 111 Å². The van der Waals surface area contributed by atoms with E-state index in [2.05, 4.69) is 17.1 Å². The van der Waals surface area contributed by atoms with Gasteiger partial charge in [0.25, 0.3) is 0 Å². The van der Waals surface area contributed by atoms with Gasteiger partial charge in [0.1, 0.15) is 12.1 Å². The average Bonchev–Trinajstić information content (AvgIpc) is 2.84. The van der Waals surface area contributed by atoms with Crippen LogP contribution in [0.4, 0.5) is 4.39 Å². The lowest BCUT2D eigenvalue weighted by Crippen LogP contribution is -2.07. The first-order chi connectivity index (χ1) is 9.22. The third kappa shape index (κ3) is 3.48. The highest BCUT2D eigenvalue weighted by atomic mass is 19.1. The molecule has 0 aromatic carbocycles. The summed E-state index contributed by atoms with van der Waals surface area (Å²) in [4.78, 5) is 0. The number of pyridine rings is 1. The normalized spacial score (nSPS) is 13.0. The van der Waals surface area contributed by atoms with Gasteiger partial charge in [-0.2, -0.15) is 0 Å². The van der Waals surface area contributed by atoms with Gasteiger partial charge in [0, 0.05) is 31.4 Å². The molecule has 19 heavy (non-hydrogen) atoms. The van der Waals surface area contributed by atoms with E-state index in [1.165, 1.54) is 23.0 Å². The summed E-state index contributed by atoms with van der Waals surface area (Å²) in [5.74, 6) is -0.464. The molecule has 2 rings (SSSR count). The van der Waals surface area contributed by atoms with Gasteiger partial charge < -0.3 is 9.84 Å². The Bertz CT molecular complexity index is 530. The molecule has 2 aromatic heterocycles. The Morgan fingerprint density at radius 3 is 3.11 bits per heavy atom. The molecule has 0 radical (unpaired) electrons. The van der Waals surface area contributed by atoms with Gasteiger partial charge in [-0.3, -0.25) is 4.40 Å². The summed E-state index contributed by atoms with van der Waals surface area (Å²) >= 11 is 0. The van der Waals surface area contributed by atoms with Crippen molar-refractivity contribution in [1.82, 2.24) is 14.6 Å². The van der Waals surface area contributed by atoms with Crippen LogP contribution in [0.3, 0.4) is 0 Å². The highest BCUT2D eigenvalue weighted by molar-refractivity contribution is 5.41. The van der Waals surface area contributed by atoms with Crippen LogP contribution in [0, 0.1) is 5.82 Å². The van der Waals surface area contributed by atoms with Crippen molar-refractivity contribution in [3.05, 3.63) is 30.0 Å². The zero-order chi connectivity index (χ0) is 13.7. The van der Waals surface area contributed by atoms with E-state index in [0.29, 0.717) is 25.3 Å². The van der Waals surface area contributed by atoms with Gasteiger partial charge in [-0.1, -0.05) is 13.3 Å². The van der Waals surface area contributed by atoms with Gasteiger partial charge in [0.05, 0.1) is 6.10 Å². The minimum absolute atomic E-state index is 0.236. The molecule has 0 spiro atoms. The smallest absolute Gasteiger partial charge is 0.161 e. The van der Waals surface area contributed by atoms with Crippen LogP contribution < -0.4 is 0 Å². The molecule has 0 aliphatic rings. The van der Waals surface area contributed by atoms with Crippen molar-refractivity contribution < 1.29 is 14.2 Å². The number of hydrogen-bond donors (Lipinski definition) is 1. The fraction of sp³-hybridized carbons (Fsp3) is 0.538. The van der Waals surface area contributed by atoms with Crippen molar-refractivity contribution >= 4 is 5.65 Å². The second kappa shape index (κ2) is 6.58. The number of aromatic nitrogens is 3. The number of aliphatic hydroxyl groups is 1. The Balaban J connectivity index is 1.96. The lowest BCUT2D eigenvalue weighted by atomic mass is 10.1. The SMILES string of the molecule is CCCCOCCC(O)c1cc2nncn2cc1F. The number of nitrogens with zero attached hydrogens (tertiary/aromatic N) is 3. The van der Waals surface area contributed by atoms with Gasteiger partial charge >= 0.3 is 0 Å². The molecule has 1 unspecified atom stereocenters. The molecule has 0 aliphatic heterocycles. The van der Waals surface area contributed by atoms with Crippen LogP contribution in [0.15, 0.2) is 18.6 Å². The minimum atomic E-state index is -0.886. The number of halogens is 1. The van der Waals surface area contributed by atoms with Crippen molar-refractivity contribution in [3.8, 4) is 0 Å². The van der Waals surface area contributed by atoms with Gasteiger partial charge in [0.2, 0.25) is 0 Å². The molecule has 2 heterocycles. The third-order valence-electron chi connectivity index (χ3n) is 2.95. The highest BCUT2D eigenvalue weighted by Gasteiger charge is 2.14. The van der Waals surface area contributed by atoms with Crippen LogP contribution in [-0.2, 0) is 4.74 Å². The van der Waals surface area contributed by atoms with E-state index >= 15 is 0 Å². The van der Waals surface area contributed by atoms with E-state index in [0.717, 1.165) is 12.8 Å². The molecule has 0 saturated carbocycles. The number of hydrogen-bond acceptors (Lipinski definition) is 4. The average molecular weight is 267 g/mol. The van der Waals surface area contributed by atoms with Crippen LogP contribution in [0.5, 0.6) is 0 Å². The topological polar surface area (TPSA) is 59.7 Å². The van der Waals surface area contributed by atoms with E-state index in [9.17, 15) is 9.50 Å². The third-order valence-corrected chi connectivity index (χ3v) is 2.95. The summed E-state index contributed by atoms with van der Waals surface area (Å²) in [7, 11) is 0. The van der Waals surface area contributed by atoms with E-state index in [1.54, 1.807) is 0 Å². The molecule has 6 heteroatoms. The number of fused-ring (bicyclic) bond motifs is 1. The van der Waals surface area contributed by atoms with Crippen molar-refractivity contribution in [3.63, 3.8) is 0 Å². The lowest BCUT2D eigenvalue weighted by Gasteiger charge is -2.12. The summed E-state index contributed by atoms with van der Waals surface area (Å²) in [5, 5.41) is 17.5. The van der Waals surface area contributed by atoms with Gasteiger partial charge in [0.15, 0.2) is 5.65 Å². The second-order valence-electron chi connectivity index (χ2n) is 4.44. The van der Waals surface area contributed by atoms with Crippen molar-refractivity contribution in [2.24, 2.45) is 0 Å². The minimum Gasteiger partial charge on any atom is -0.388 e. The Morgan fingerprint density at radius 1 is 1.47 bits per heavy atom. The summed E-state index contributed by atoms with van der Waals surface area (Å²) in [6, 6.07) is 1.51. The maximum absolute atomic E-state index is 13.8. The molecule has 1 atom stereocenters. The number of ether oxygens (including phenoxy) is 1. The first-order valence-corrected chi connectivity index (χ1v) is 6.47. The van der Waals surface area contributed by atoms with E-state index in [4.69, 9.17) is 4.74 Å². The van der Waals surface area contributed by atoms with Crippen LogP contribution >= 0.6 is 0 Å². The number of aliphatic hydroxyl groups excluding tert-OH is 1. The molecule has 0 aliphatic carbocycles. The first kappa shape index (κ1) is 13.9. The maximum Gasteiger partial charge on any atom is 0.161 e. The Hall–Kier alpha value is -1.53. The van der Waals surface area contributed by atoms with Gasteiger partial charge in [-0.05, 0) is 12.5 Å².